The summed E-state index contributed by atoms with van der Waals surface area (Å²) in [7, 11) is 0. The van der Waals surface area contributed by atoms with Gasteiger partial charge in [0.15, 0.2) is 17.4 Å². The Labute approximate surface area is 167 Å². The van der Waals surface area contributed by atoms with E-state index in [-0.39, 0.29) is 18.5 Å². The van der Waals surface area contributed by atoms with Crippen LogP contribution in [0.1, 0.15) is 33.5 Å². The minimum absolute atomic E-state index is 0.141. The van der Waals surface area contributed by atoms with Crippen LogP contribution in [0.2, 0.25) is 0 Å². The smallest absolute Gasteiger partial charge is 0.231 e. The van der Waals surface area contributed by atoms with E-state index < -0.39 is 34.2 Å². The molecule has 2 N–H and O–H groups in total. The topological polar surface area (TPSA) is 103 Å². The molecule has 29 heavy (non-hydrogen) atoms. The van der Waals surface area contributed by atoms with Crippen molar-refractivity contribution in [3.8, 4) is 6.07 Å². The Balaban J connectivity index is 1.90. The summed E-state index contributed by atoms with van der Waals surface area (Å²) < 4.78 is 49.9. The van der Waals surface area contributed by atoms with Gasteiger partial charge in [-0.1, -0.05) is 0 Å². The number of pyridine rings is 1. The lowest BCUT2D eigenvalue weighted by Gasteiger charge is -2.09. The van der Waals surface area contributed by atoms with Gasteiger partial charge in [-0.25, -0.2) is 17.7 Å². The molecule has 1 atom stereocenters. The van der Waals surface area contributed by atoms with Crippen molar-refractivity contribution in [2.75, 3.05) is 6.54 Å². The second-order valence-electron chi connectivity index (χ2n) is 6.26. The lowest BCUT2D eigenvalue weighted by Crippen LogP contribution is -2.18. The highest BCUT2D eigenvalue weighted by molar-refractivity contribution is 7.77. The number of nitrogens with one attached hydrogen (secondary N) is 1. The maximum Gasteiger partial charge on any atom is 0.231 e. The summed E-state index contributed by atoms with van der Waals surface area (Å²) in [5.74, 6) is -3.07. The molecule has 0 aliphatic carbocycles. The van der Waals surface area contributed by atoms with E-state index in [1.165, 1.54) is 24.4 Å². The molecular formula is C20H15F2N3O3S. The molecule has 1 heterocycles. The number of nitriles is 1. The molecule has 0 spiro atoms. The zero-order valence-corrected chi connectivity index (χ0v) is 15.8. The summed E-state index contributed by atoms with van der Waals surface area (Å²) in [4.78, 5) is 16.9. The van der Waals surface area contributed by atoms with E-state index in [0.29, 0.717) is 28.5 Å². The van der Waals surface area contributed by atoms with Crippen molar-refractivity contribution < 1.29 is 22.3 Å². The third-order valence-corrected chi connectivity index (χ3v) is 4.72. The molecule has 0 amide bonds. The van der Waals surface area contributed by atoms with E-state index in [2.05, 4.69) is 9.71 Å². The number of aromatic nitrogens is 1. The molecule has 0 fully saturated rings. The van der Waals surface area contributed by atoms with Crippen LogP contribution in [-0.2, 0) is 17.7 Å². The van der Waals surface area contributed by atoms with Gasteiger partial charge < -0.3 is 0 Å². The van der Waals surface area contributed by atoms with Crippen LogP contribution in [-0.4, -0.2) is 26.1 Å². The average Bonchev–Trinajstić information content (AvgIpc) is 2.72. The lowest BCUT2D eigenvalue weighted by atomic mass is 9.97. The minimum atomic E-state index is -2.15. The number of fused-ring (bicyclic) bond motifs is 1. The lowest BCUT2D eigenvalue weighted by molar-refractivity contribution is 0.103. The number of hydrogen-bond donors (Lipinski definition) is 2. The van der Waals surface area contributed by atoms with Crippen LogP contribution in [0.5, 0.6) is 0 Å². The number of halogens is 2. The van der Waals surface area contributed by atoms with Crippen molar-refractivity contribution in [2.24, 2.45) is 0 Å². The molecule has 0 radical (unpaired) electrons. The Morgan fingerprint density at radius 1 is 1.24 bits per heavy atom. The number of hydrogen-bond acceptors (Lipinski definition) is 4. The van der Waals surface area contributed by atoms with Crippen molar-refractivity contribution in [1.82, 2.24) is 9.71 Å². The first-order valence-electron chi connectivity index (χ1n) is 8.56. The van der Waals surface area contributed by atoms with Gasteiger partial charge in [-0.05, 0) is 54.8 Å². The molecule has 0 saturated heterocycles. The summed E-state index contributed by atoms with van der Waals surface area (Å²) in [6.07, 6.45) is 2.09. The van der Waals surface area contributed by atoms with Crippen LogP contribution in [0.4, 0.5) is 8.78 Å². The summed E-state index contributed by atoms with van der Waals surface area (Å²) >= 11 is -2.15. The fourth-order valence-corrected chi connectivity index (χ4v) is 3.22. The largest absolute Gasteiger partial charge is 0.294 e. The van der Waals surface area contributed by atoms with Crippen molar-refractivity contribution in [3.05, 3.63) is 76.5 Å². The molecule has 1 aromatic heterocycles. The van der Waals surface area contributed by atoms with Crippen LogP contribution in [0.3, 0.4) is 0 Å². The molecule has 0 aliphatic rings. The monoisotopic (exact) mass is 415 g/mol. The van der Waals surface area contributed by atoms with Gasteiger partial charge >= 0.3 is 0 Å². The van der Waals surface area contributed by atoms with Gasteiger partial charge in [-0.3, -0.25) is 14.3 Å². The van der Waals surface area contributed by atoms with E-state index >= 15 is 0 Å². The molecule has 148 valence electrons. The highest BCUT2D eigenvalue weighted by atomic mass is 32.2. The number of rotatable bonds is 7. The summed E-state index contributed by atoms with van der Waals surface area (Å²) in [5, 5.41) is 9.52. The fourth-order valence-electron chi connectivity index (χ4n) is 2.90. The van der Waals surface area contributed by atoms with Gasteiger partial charge in [0.25, 0.3) is 0 Å². The Hall–Kier alpha value is -3.06. The number of carbonyl (C=O) groups excluding carboxylic acids is 1. The zero-order chi connectivity index (χ0) is 21.0. The van der Waals surface area contributed by atoms with E-state index in [1.807, 2.05) is 6.07 Å². The van der Waals surface area contributed by atoms with E-state index in [0.717, 1.165) is 6.07 Å². The summed E-state index contributed by atoms with van der Waals surface area (Å²) in [5.41, 5.74) is 1.02. The number of carbonyl (C=O) groups is 1. The third-order valence-electron chi connectivity index (χ3n) is 4.27. The van der Waals surface area contributed by atoms with Gasteiger partial charge in [0.1, 0.15) is 6.07 Å². The minimum Gasteiger partial charge on any atom is -0.294 e. The second-order valence-corrected chi connectivity index (χ2v) is 7.05. The van der Waals surface area contributed by atoms with Crippen LogP contribution in [0.25, 0.3) is 10.9 Å². The van der Waals surface area contributed by atoms with Crippen LogP contribution in [0, 0.1) is 23.0 Å². The normalized spacial score (nSPS) is 11.9. The van der Waals surface area contributed by atoms with Gasteiger partial charge in [0.05, 0.1) is 16.6 Å². The Kier molecular flexibility index (Phi) is 6.39. The molecule has 3 aromatic rings. The van der Waals surface area contributed by atoms with Gasteiger partial charge in [0, 0.05) is 23.7 Å². The highest BCUT2D eigenvalue weighted by Crippen LogP contribution is 2.22. The average molecular weight is 415 g/mol. The van der Waals surface area contributed by atoms with E-state index in [9.17, 15) is 17.8 Å². The number of nitrogens with zero attached hydrogens (tertiary/aromatic N) is 2. The first-order valence-corrected chi connectivity index (χ1v) is 9.66. The Morgan fingerprint density at radius 2 is 2.03 bits per heavy atom. The first kappa shape index (κ1) is 20.7. The number of ketones is 1. The van der Waals surface area contributed by atoms with Crippen LogP contribution in [0.15, 0.2) is 42.6 Å². The summed E-state index contributed by atoms with van der Waals surface area (Å²) in [6, 6.07) is 10.3. The molecule has 0 saturated carbocycles. The SMILES string of the molecule is N#Cc1cnc2ccc(C(=O)c3cc(CCCNS(=O)O)cc(F)c3F)cc2c1. The summed E-state index contributed by atoms with van der Waals surface area (Å²) in [6.45, 7) is 0.199. The Morgan fingerprint density at radius 3 is 2.76 bits per heavy atom. The first-order chi connectivity index (χ1) is 13.9. The van der Waals surface area contributed by atoms with Crippen molar-refractivity contribution in [3.63, 3.8) is 0 Å². The van der Waals surface area contributed by atoms with Crippen LogP contribution >= 0.6 is 0 Å². The standard InChI is InChI=1S/C20H15F2N3O3S/c21-17-8-12(2-1-5-25-29(27)28)7-16(19(17)22)20(26)14-3-4-18-15(9-14)6-13(10-23)11-24-18/h3-4,6-9,11,25H,1-2,5H2,(H,27,28). The van der Waals surface area contributed by atoms with Gasteiger partial charge in [-0.2, -0.15) is 5.26 Å². The predicted molar refractivity (Wildman–Crippen MR) is 103 cm³/mol. The molecule has 6 nitrogen and oxygen atoms in total. The molecule has 3 rings (SSSR count). The van der Waals surface area contributed by atoms with Crippen LogP contribution < -0.4 is 4.72 Å². The maximum atomic E-state index is 14.3. The molecule has 0 bridgehead atoms. The highest BCUT2D eigenvalue weighted by Gasteiger charge is 2.19. The van der Waals surface area contributed by atoms with E-state index in [4.69, 9.17) is 9.81 Å². The number of aryl methyl sites for hydroxylation is 1. The van der Waals surface area contributed by atoms with Gasteiger partial charge in [0.2, 0.25) is 11.3 Å². The predicted octanol–water partition coefficient (Wildman–Crippen LogP) is 3.27. The molecule has 1 unspecified atom stereocenters. The molecule has 2 aromatic carbocycles. The maximum absolute atomic E-state index is 14.3. The Bertz CT molecular complexity index is 1160. The quantitative estimate of drug-likeness (QED) is 0.350. The number of benzene rings is 2. The second kappa shape index (κ2) is 8.96. The third kappa shape index (κ3) is 4.86. The molecule has 0 aliphatic heterocycles. The van der Waals surface area contributed by atoms with E-state index in [1.54, 1.807) is 12.1 Å². The van der Waals surface area contributed by atoms with Gasteiger partial charge in [-0.15, -0.1) is 0 Å². The molecule has 9 heteroatoms. The van der Waals surface area contributed by atoms with Crippen molar-refractivity contribution >= 4 is 28.0 Å². The fraction of sp³-hybridized carbons (Fsp3) is 0.150. The van der Waals surface area contributed by atoms with Crippen molar-refractivity contribution in [2.45, 2.75) is 12.8 Å². The molecular weight excluding hydrogens is 400 g/mol. The van der Waals surface area contributed by atoms with Crippen molar-refractivity contribution in [1.29, 1.82) is 5.26 Å². The zero-order valence-electron chi connectivity index (χ0n) is 15.0.